The first-order chi connectivity index (χ1) is 14.2. The molecule has 0 atom stereocenters. The predicted molar refractivity (Wildman–Crippen MR) is 111 cm³/mol. The molecule has 0 N–H and O–H groups in total. The van der Waals surface area contributed by atoms with E-state index in [2.05, 4.69) is 5.10 Å². The first kappa shape index (κ1) is 18.9. The fourth-order valence-electron chi connectivity index (χ4n) is 3.61. The standard InChI is InChI=1S/C23H24N4O2/c28-22(18-19-8-10-21(11-9-19)27-15-4-12-24-27)25-13-5-14-26(17-16-25)23(29)20-6-2-1-3-7-20/h1-4,6-12,15H,5,13-14,16-18H2. The van der Waals surface area contributed by atoms with Crippen LogP contribution in [-0.4, -0.2) is 57.6 Å². The van der Waals surface area contributed by atoms with Gasteiger partial charge in [-0.1, -0.05) is 30.3 Å². The van der Waals surface area contributed by atoms with Gasteiger partial charge in [0, 0.05) is 44.1 Å². The molecule has 1 aliphatic rings. The normalized spacial score (nSPS) is 14.5. The van der Waals surface area contributed by atoms with Gasteiger partial charge >= 0.3 is 0 Å². The van der Waals surface area contributed by atoms with Gasteiger partial charge in [-0.25, -0.2) is 4.68 Å². The summed E-state index contributed by atoms with van der Waals surface area (Å²) in [6.07, 6.45) is 4.79. The number of hydrogen-bond donors (Lipinski definition) is 0. The molecule has 2 heterocycles. The van der Waals surface area contributed by atoms with Crippen LogP contribution < -0.4 is 0 Å². The van der Waals surface area contributed by atoms with E-state index >= 15 is 0 Å². The Morgan fingerprint density at radius 2 is 1.55 bits per heavy atom. The largest absolute Gasteiger partial charge is 0.341 e. The quantitative estimate of drug-likeness (QED) is 0.691. The summed E-state index contributed by atoms with van der Waals surface area (Å²) in [6, 6.07) is 19.1. The molecule has 148 valence electrons. The van der Waals surface area contributed by atoms with Crippen LogP contribution in [0.5, 0.6) is 0 Å². The van der Waals surface area contributed by atoms with Gasteiger partial charge in [0.1, 0.15) is 0 Å². The first-order valence-corrected chi connectivity index (χ1v) is 9.92. The SMILES string of the molecule is O=C(Cc1ccc(-n2cccn2)cc1)N1CCCN(C(=O)c2ccccc2)CC1. The lowest BCUT2D eigenvalue weighted by Gasteiger charge is -2.22. The maximum atomic E-state index is 12.8. The highest BCUT2D eigenvalue weighted by molar-refractivity contribution is 5.94. The van der Waals surface area contributed by atoms with Gasteiger partial charge in [0.05, 0.1) is 12.1 Å². The molecule has 29 heavy (non-hydrogen) atoms. The van der Waals surface area contributed by atoms with Crippen LogP contribution in [0, 0.1) is 0 Å². The van der Waals surface area contributed by atoms with E-state index in [1.807, 2.05) is 76.7 Å². The lowest BCUT2D eigenvalue weighted by Crippen LogP contribution is -2.38. The number of carbonyl (C=O) groups is 2. The molecular formula is C23H24N4O2. The van der Waals surface area contributed by atoms with Crippen molar-refractivity contribution in [3.8, 4) is 5.69 Å². The van der Waals surface area contributed by atoms with E-state index in [1.165, 1.54) is 0 Å². The third-order valence-electron chi connectivity index (χ3n) is 5.22. The highest BCUT2D eigenvalue weighted by Gasteiger charge is 2.22. The van der Waals surface area contributed by atoms with Crippen LogP contribution in [0.2, 0.25) is 0 Å². The third-order valence-corrected chi connectivity index (χ3v) is 5.22. The number of nitrogens with zero attached hydrogens (tertiary/aromatic N) is 4. The Bertz CT molecular complexity index is 952. The second-order valence-electron chi connectivity index (χ2n) is 7.19. The highest BCUT2D eigenvalue weighted by atomic mass is 16.2. The molecule has 1 saturated heterocycles. The molecule has 1 aromatic heterocycles. The summed E-state index contributed by atoms with van der Waals surface area (Å²) < 4.78 is 1.79. The minimum Gasteiger partial charge on any atom is -0.341 e. The summed E-state index contributed by atoms with van der Waals surface area (Å²) in [7, 11) is 0. The van der Waals surface area contributed by atoms with Crippen LogP contribution >= 0.6 is 0 Å². The van der Waals surface area contributed by atoms with Crippen molar-refractivity contribution in [3.05, 3.63) is 84.2 Å². The minimum atomic E-state index is 0.0362. The van der Waals surface area contributed by atoms with Gasteiger partial charge in [0.2, 0.25) is 5.91 Å². The Balaban J connectivity index is 1.34. The van der Waals surface area contributed by atoms with E-state index in [-0.39, 0.29) is 11.8 Å². The summed E-state index contributed by atoms with van der Waals surface area (Å²) in [4.78, 5) is 29.2. The summed E-state index contributed by atoms with van der Waals surface area (Å²) in [6.45, 7) is 2.50. The molecule has 0 spiro atoms. The maximum absolute atomic E-state index is 12.8. The molecular weight excluding hydrogens is 364 g/mol. The number of carbonyl (C=O) groups excluding carboxylic acids is 2. The minimum absolute atomic E-state index is 0.0362. The molecule has 1 aliphatic heterocycles. The van der Waals surface area contributed by atoms with Crippen LogP contribution in [0.1, 0.15) is 22.3 Å². The average molecular weight is 388 g/mol. The average Bonchev–Trinajstić information content (AvgIpc) is 3.19. The molecule has 0 saturated carbocycles. The van der Waals surface area contributed by atoms with Gasteiger partial charge in [-0.2, -0.15) is 5.10 Å². The lowest BCUT2D eigenvalue weighted by molar-refractivity contribution is -0.130. The van der Waals surface area contributed by atoms with Crippen molar-refractivity contribution in [1.82, 2.24) is 19.6 Å². The molecule has 0 unspecified atom stereocenters. The number of hydrogen-bond acceptors (Lipinski definition) is 3. The lowest BCUT2D eigenvalue weighted by atomic mass is 10.1. The summed E-state index contributed by atoms with van der Waals surface area (Å²) in [5.74, 6) is 0.139. The molecule has 0 aliphatic carbocycles. The van der Waals surface area contributed by atoms with Crippen molar-refractivity contribution in [2.75, 3.05) is 26.2 Å². The number of amides is 2. The highest BCUT2D eigenvalue weighted by Crippen LogP contribution is 2.13. The van der Waals surface area contributed by atoms with E-state index in [9.17, 15) is 9.59 Å². The third kappa shape index (κ3) is 4.54. The molecule has 4 rings (SSSR count). The Labute approximate surface area is 170 Å². The van der Waals surface area contributed by atoms with Crippen LogP contribution in [0.15, 0.2) is 73.1 Å². The van der Waals surface area contributed by atoms with Crippen LogP contribution in [0.4, 0.5) is 0 Å². The Hall–Kier alpha value is -3.41. The van der Waals surface area contributed by atoms with Gasteiger partial charge in [-0.15, -0.1) is 0 Å². The smallest absolute Gasteiger partial charge is 0.253 e. The fraction of sp³-hybridized carbons (Fsp3) is 0.261. The molecule has 0 radical (unpaired) electrons. The summed E-state index contributed by atoms with van der Waals surface area (Å²) in [5.41, 5.74) is 2.65. The fourth-order valence-corrected chi connectivity index (χ4v) is 3.61. The van der Waals surface area contributed by atoms with Gasteiger partial charge in [-0.3, -0.25) is 9.59 Å². The molecule has 3 aromatic rings. The van der Waals surface area contributed by atoms with Crippen molar-refractivity contribution in [3.63, 3.8) is 0 Å². The zero-order valence-electron chi connectivity index (χ0n) is 16.3. The van der Waals surface area contributed by atoms with Crippen molar-refractivity contribution >= 4 is 11.8 Å². The molecule has 2 amide bonds. The molecule has 0 bridgehead atoms. The Kier molecular flexibility index (Phi) is 5.70. The van der Waals surface area contributed by atoms with Crippen molar-refractivity contribution in [2.45, 2.75) is 12.8 Å². The number of rotatable bonds is 4. The van der Waals surface area contributed by atoms with E-state index in [0.29, 0.717) is 38.2 Å². The molecule has 1 fully saturated rings. The van der Waals surface area contributed by atoms with Crippen LogP contribution in [-0.2, 0) is 11.2 Å². The molecule has 6 nitrogen and oxygen atoms in total. The van der Waals surface area contributed by atoms with Crippen molar-refractivity contribution in [1.29, 1.82) is 0 Å². The number of aromatic nitrogens is 2. The van der Waals surface area contributed by atoms with Crippen molar-refractivity contribution in [2.24, 2.45) is 0 Å². The van der Waals surface area contributed by atoms with E-state index in [1.54, 1.807) is 10.9 Å². The van der Waals surface area contributed by atoms with Gasteiger partial charge in [0.25, 0.3) is 5.91 Å². The van der Waals surface area contributed by atoms with Crippen LogP contribution in [0.25, 0.3) is 5.69 Å². The van der Waals surface area contributed by atoms with Crippen LogP contribution in [0.3, 0.4) is 0 Å². The molecule has 6 heteroatoms. The second kappa shape index (κ2) is 8.73. The second-order valence-corrected chi connectivity index (χ2v) is 7.19. The molecule has 2 aromatic carbocycles. The summed E-state index contributed by atoms with van der Waals surface area (Å²) in [5, 5.41) is 4.21. The van der Waals surface area contributed by atoms with E-state index < -0.39 is 0 Å². The van der Waals surface area contributed by atoms with Gasteiger partial charge in [0.15, 0.2) is 0 Å². The summed E-state index contributed by atoms with van der Waals surface area (Å²) >= 11 is 0. The Morgan fingerprint density at radius 3 is 2.28 bits per heavy atom. The maximum Gasteiger partial charge on any atom is 0.253 e. The predicted octanol–water partition coefficient (Wildman–Crippen LogP) is 2.79. The van der Waals surface area contributed by atoms with E-state index in [4.69, 9.17) is 0 Å². The monoisotopic (exact) mass is 388 g/mol. The van der Waals surface area contributed by atoms with Gasteiger partial charge in [-0.05, 0) is 42.3 Å². The zero-order chi connectivity index (χ0) is 20.1. The van der Waals surface area contributed by atoms with Crippen molar-refractivity contribution < 1.29 is 9.59 Å². The zero-order valence-corrected chi connectivity index (χ0v) is 16.3. The topological polar surface area (TPSA) is 58.4 Å². The van der Waals surface area contributed by atoms with Gasteiger partial charge < -0.3 is 9.80 Å². The first-order valence-electron chi connectivity index (χ1n) is 9.92. The van der Waals surface area contributed by atoms with E-state index in [0.717, 1.165) is 17.7 Å². The number of benzene rings is 2. The Morgan fingerprint density at radius 1 is 0.828 bits per heavy atom.